The first-order valence-electron chi connectivity index (χ1n) is 12.1. The highest BCUT2D eigenvalue weighted by Crippen LogP contribution is 2.27. The van der Waals surface area contributed by atoms with Crippen molar-refractivity contribution in [2.45, 2.75) is 51.8 Å². The van der Waals surface area contributed by atoms with Crippen molar-refractivity contribution in [3.63, 3.8) is 0 Å². The van der Waals surface area contributed by atoms with Crippen molar-refractivity contribution in [1.82, 2.24) is 10.2 Å². The third-order valence-corrected chi connectivity index (χ3v) is 5.40. The van der Waals surface area contributed by atoms with Crippen molar-refractivity contribution in [2.75, 3.05) is 19.0 Å². The van der Waals surface area contributed by atoms with E-state index in [2.05, 4.69) is 17.2 Å². The molecule has 38 heavy (non-hydrogen) atoms. The van der Waals surface area contributed by atoms with Crippen LogP contribution in [0.2, 0.25) is 0 Å². The normalized spacial score (nSPS) is 12.4. The molecule has 0 aliphatic rings. The van der Waals surface area contributed by atoms with Crippen molar-refractivity contribution < 1.29 is 28.7 Å². The molecule has 2 rings (SSSR count). The smallest absolute Gasteiger partial charge is 0.408 e. The summed E-state index contributed by atoms with van der Waals surface area (Å²) in [5, 5.41) is 5.27. The number of rotatable bonds is 11. The average Bonchev–Trinajstić information content (AvgIpc) is 2.83. The van der Waals surface area contributed by atoms with E-state index in [1.54, 1.807) is 57.2 Å². The number of hydrogen-bond donors (Lipinski definition) is 3. The fourth-order valence-corrected chi connectivity index (χ4v) is 3.74. The van der Waals surface area contributed by atoms with Crippen LogP contribution in [0.3, 0.4) is 0 Å². The second kappa shape index (κ2) is 13.3. The number of carbonyl (C=O) groups excluding carboxylic acids is 4. The molecule has 4 N–H and O–H groups in total. The molecule has 2 unspecified atom stereocenters. The van der Waals surface area contributed by atoms with E-state index in [0.29, 0.717) is 17.0 Å². The SMILES string of the molecule is C=CCN(C(=O)C(CC(N)=O)NC(=O)OC(C)(C)C)C(C(=O)Nc1ccc(OC)cc1)c1ccccc1C. The Hall–Kier alpha value is -4.34. The first-order valence-corrected chi connectivity index (χ1v) is 12.1. The minimum Gasteiger partial charge on any atom is -0.497 e. The van der Waals surface area contributed by atoms with E-state index in [9.17, 15) is 19.2 Å². The maximum atomic E-state index is 13.8. The van der Waals surface area contributed by atoms with Crippen LogP contribution in [0.15, 0.2) is 61.2 Å². The first-order chi connectivity index (χ1) is 17.9. The zero-order valence-electron chi connectivity index (χ0n) is 22.4. The van der Waals surface area contributed by atoms with Gasteiger partial charge in [0.1, 0.15) is 23.4 Å². The second-order valence-electron chi connectivity index (χ2n) is 9.63. The Bertz CT molecular complexity index is 1160. The monoisotopic (exact) mass is 524 g/mol. The molecule has 0 spiro atoms. The van der Waals surface area contributed by atoms with Crippen LogP contribution >= 0.6 is 0 Å². The number of nitrogens with zero attached hydrogens (tertiary/aromatic N) is 1. The lowest BCUT2D eigenvalue weighted by Crippen LogP contribution is -2.53. The molecule has 0 radical (unpaired) electrons. The summed E-state index contributed by atoms with van der Waals surface area (Å²) >= 11 is 0. The quantitative estimate of drug-likeness (QED) is 0.385. The zero-order chi connectivity index (χ0) is 28.5. The minimum absolute atomic E-state index is 0.0564. The molecule has 2 atom stereocenters. The van der Waals surface area contributed by atoms with Crippen LogP contribution in [0.5, 0.6) is 5.75 Å². The van der Waals surface area contributed by atoms with Gasteiger partial charge in [0.05, 0.1) is 13.5 Å². The summed E-state index contributed by atoms with van der Waals surface area (Å²) < 4.78 is 10.4. The summed E-state index contributed by atoms with van der Waals surface area (Å²) in [6, 6.07) is 11.4. The second-order valence-corrected chi connectivity index (χ2v) is 9.63. The maximum absolute atomic E-state index is 13.8. The summed E-state index contributed by atoms with van der Waals surface area (Å²) in [7, 11) is 1.54. The fourth-order valence-electron chi connectivity index (χ4n) is 3.74. The van der Waals surface area contributed by atoms with E-state index < -0.39 is 47.9 Å². The Balaban J connectivity index is 2.50. The number of primary amides is 1. The van der Waals surface area contributed by atoms with Gasteiger partial charge in [-0.2, -0.15) is 0 Å². The zero-order valence-corrected chi connectivity index (χ0v) is 22.4. The van der Waals surface area contributed by atoms with Gasteiger partial charge in [-0.15, -0.1) is 6.58 Å². The van der Waals surface area contributed by atoms with Crippen LogP contribution in [-0.2, 0) is 19.1 Å². The van der Waals surface area contributed by atoms with Crippen molar-refractivity contribution in [3.8, 4) is 5.75 Å². The van der Waals surface area contributed by atoms with Crippen LogP contribution in [0.25, 0.3) is 0 Å². The number of ether oxygens (including phenoxy) is 2. The van der Waals surface area contributed by atoms with Crippen LogP contribution in [0.1, 0.15) is 44.4 Å². The van der Waals surface area contributed by atoms with Gasteiger partial charge in [0.2, 0.25) is 11.8 Å². The Morgan fingerprint density at radius 1 is 1.08 bits per heavy atom. The van der Waals surface area contributed by atoms with Gasteiger partial charge in [-0.3, -0.25) is 14.4 Å². The van der Waals surface area contributed by atoms with Crippen molar-refractivity contribution >= 4 is 29.5 Å². The Morgan fingerprint density at radius 3 is 2.24 bits per heavy atom. The van der Waals surface area contributed by atoms with Gasteiger partial charge < -0.3 is 30.7 Å². The van der Waals surface area contributed by atoms with Gasteiger partial charge in [0, 0.05) is 12.2 Å². The molecule has 0 fully saturated rings. The molecule has 0 heterocycles. The summed E-state index contributed by atoms with van der Waals surface area (Å²) in [6.07, 6.45) is 0.0658. The van der Waals surface area contributed by atoms with Gasteiger partial charge >= 0.3 is 6.09 Å². The Kier molecular flexibility index (Phi) is 10.4. The largest absolute Gasteiger partial charge is 0.497 e. The molecule has 0 bridgehead atoms. The van der Waals surface area contributed by atoms with E-state index in [0.717, 1.165) is 5.56 Å². The van der Waals surface area contributed by atoms with Crippen molar-refractivity contribution in [3.05, 3.63) is 72.3 Å². The maximum Gasteiger partial charge on any atom is 0.408 e. The number of carbonyl (C=O) groups is 4. The van der Waals surface area contributed by atoms with Gasteiger partial charge in [0.15, 0.2) is 0 Å². The van der Waals surface area contributed by atoms with E-state index >= 15 is 0 Å². The lowest BCUT2D eigenvalue weighted by atomic mass is 9.97. The molecule has 0 saturated heterocycles. The number of benzene rings is 2. The highest BCUT2D eigenvalue weighted by Gasteiger charge is 2.37. The highest BCUT2D eigenvalue weighted by molar-refractivity contribution is 6.00. The van der Waals surface area contributed by atoms with E-state index in [1.807, 2.05) is 19.1 Å². The lowest BCUT2D eigenvalue weighted by molar-refractivity contribution is -0.141. The molecule has 0 saturated carbocycles. The highest BCUT2D eigenvalue weighted by atomic mass is 16.6. The molecular weight excluding hydrogens is 488 g/mol. The first kappa shape index (κ1) is 29.9. The molecule has 0 aliphatic heterocycles. The fraction of sp³-hybridized carbons (Fsp3) is 0.357. The predicted molar refractivity (Wildman–Crippen MR) is 144 cm³/mol. The summed E-state index contributed by atoms with van der Waals surface area (Å²) in [4.78, 5) is 53.1. The number of methoxy groups -OCH3 is 1. The van der Waals surface area contributed by atoms with Crippen LogP contribution in [0.4, 0.5) is 10.5 Å². The van der Waals surface area contributed by atoms with Crippen LogP contribution in [-0.4, -0.2) is 54.0 Å². The number of nitrogens with two attached hydrogens (primary N) is 1. The molecule has 10 nitrogen and oxygen atoms in total. The van der Waals surface area contributed by atoms with Gasteiger partial charge in [-0.1, -0.05) is 30.3 Å². The minimum atomic E-state index is -1.37. The predicted octanol–water partition coefficient (Wildman–Crippen LogP) is 3.47. The molecule has 0 aromatic heterocycles. The van der Waals surface area contributed by atoms with Gasteiger partial charge in [-0.05, 0) is 63.1 Å². The molecule has 2 aromatic carbocycles. The van der Waals surface area contributed by atoms with E-state index in [4.69, 9.17) is 15.2 Å². The standard InChI is InChI=1S/C28H36N4O6/c1-7-16-32(26(35)22(17-23(29)33)31-27(36)38-28(3,4)5)24(21-11-9-8-10-18(21)2)25(34)30-19-12-14-20(37-6)15-13-19/h7-15,22,24H,1,16-17H2,2-6H3,(H2,29,33)(H,30,34)(H,31,36). The Morgan fingerprint density at radius 2 is 1.71 bits per heavy atom. The van der Waals surface area contributed by atoms with Gasteiger partial charge in [-0.25, -0.2) is 4.79 Å². The number of hydrogen-bond acceptors (Lipinski definition) is 6. The van der Waals surface area contributed by atoms with E-state index in [-0.39, 0.29) is 6.54 Å². The molecule has 2 aromatic rings. The number of anilines is 1. The molecular formula is C28H36N4O6. The number of amides is 4. The van der Waals surface area contributed by atoms with Crippen LogP contribution in [0, 0.1) is 6.92 Å². The topological polar surface area (TPSA) is 140 Å². The summed E-state index contributed by atoms with van der Waals surface area (Å²) in [5.74, 6) is -1.40. The average molecular weight is 525 g/mol. The number of alkyl carbamates (subject to hydrolysis) is 1. The van der Waals surface area contributed by atoms with Crippen molar-refractivity contribution in [2.24, 2.45) is 5.73 Å². The Labute approximate surface area is 223 Å². The van der Waals surface area contributed by atoms with E-state index in [1.165, 1.54) is 18.1 Å². The number of nitrogens with one attached hydrogen (secondary N) is 2. The third-order valence-electron chi connectivity index (χ3n) is 5.40. The number of aryl methyl sites for hydroxylation is 1. The third kappa shape index (κ3) is 8.65. The summed E-state index contributed by atoms with van der Waals surface area (Å²) in [5.41, 5.74) is 6.36. The summed E-state index contributed by atoms with van der Waals surface area (Å²) in [6.45, 7) is 10.5. The lowest BCUT2D eigenvalue weighted by Gasteiger charge is -2.34. The van der Waals surface area contributed by atoms with Crippen molar-refractivity contribution in [1.29, 1.82) is 0 Å². The molecule has 10 heteroatoms. The molecule has 4 amide bonds. The molecule has 204 valence electrons. The van der Waals surface area contributed by atoms with Crippen LogP contribution < -0.4 is 21.1 Å². The molecule has 0 aliphatic carbocycles. The van der Waals surface area contributed by atoms with Gasteiger partial charge in [0.25, 0.3) is 5.91 Å².